The number of para-hydroxylation sites is 1. The second kappa shape index (κ2) is 5.02. The van der Waals surface area contributed by atoms with Crippen molar-refractivity contribution in [3.05, 3.63) is 41.6 Å². The van der Waals surface area contributed by atoms with Crippen LogP contribution in [-0.4, -0.2) is 25.7 Å². The molecule has 0 radical (unpaired) electrons. The Kier molecular flexibility index (Phi) is 3.40. The molecule has 4 nitrogen and oxygen atoms in total. The van der Waals surface area contributed by atoms with Crippen LogP contribution in [0, 0.1) is 11.8 Å². The number of anilines is 1. The fourth-order valence-electron chi connectivity index (χ4n) is 3.28. The van der Waals surface area contributed by atoms with Crippen molar-refractivity contribution in [3.8, 4) is 0 Å². The van der Waals surface area contributed by atoms with Gasteiger partial charge >= 0.3 is 0 Å². The normalized spacial score (nSPS) is 25.3. The maximum Gasteiger partial charge on any atom is 0.245 e. The number of rotatable bonds is 2. The van der Waals surface area contributed by atoms with Crippen molar-refractivity contribution in [1.29, 1.82) is 0 Å². The van der Waals surface area contributed by atoms with Crippen LogP contribution in [0.5, 0.6) is 0 Å². The van der Waals surface area contributed by atoms with E-state index in [-0.39, 0.29) is 17.6 Å². The Morgan fingerprint density at radius 3 is 2.23 bits per heavy atom. The molecule has 0 spiro atoms. The molecule has 1 fully saturated rings. The number of hydrogen-bond acceptors (Lipinski definition) is 3. The molecular formula is C17H19NO3Si. The zero-order valence-electron chi connectivity index (χ0n) is 13.0. The van der Waals surface area contributed by atoms with E-state index in [2.05, 4.69) is 19.6 Å². The van der Waals surface area contributed by atoms with Gasteiger partial charge in [-0.15, -0.1) is 0 Å². The molecule has 2 amide bonds. The van der Waals surface area contributed by atoms with Crippen molar-refractivity contribution >= 4 is 31.4 Å². The molecule has 3 rings (SSSR count). The maximum absolute atomic E-state index is 12.8. The molecule has 114 valence electrons. The van der Waals surface area contributed by atoms with Crippen molar-refractivity contribution in [2.24, 2.45) is 11.8 Å². The fourth-order valence-corrected chi connectivity index (χ4v) is 4.91. The van der Waals surface area contributed by atoms with E-state index < -0.39 is 19.9 Å². The molecule has 22 heavy (non-hydrogen) atoms. The quantitative estimate of drug-likeness (QED) is 0.479. The van der Waals surface area contributed by atoms with Gasteiger partial charge < -0.3 is 0 Å². The third kappa shape index (κ3) is 2.16. The van der Waals surface area contributed by atoms with Crippen LogP contribution >= 0.6 is 0 Å². The smallest absolute Gasteiger partial charge is 0.245 e. The van der Waals surface area contributed by atoms with Crippen LogP contribution in [0.15, 0.2) is 41.6 Å². The Morgan fingerprint density at radius 1 is 1.00 bits per heavy atom. The number of nitrogens with zero attached hydrogens (tertiary/aromatic N) is 1. The van der Waals surface area contributed by atoms with Gasteiger partial charge in [0.25, 0.3) is 0 Å². The van der Waals surface area contributed by atoms with Crippen LogP contribution in [0.25, 0.3) is 0 Å². The van der Waals surface area contributed by atoms with E-state index in [0.717, 1.165) is 5.20 Å². The summed E-state index contributed by atoms with van der Waals surface area (Å²) < 4.78 is 0. The minimum Gasteiger partial charge on any atom is -0.294 e. The van der Waals surface area contributed by atoms with Crippen LogP contribution in [0.2, 0.25) is 19.6 Å². The number of ketones is 1. The molecule has 2 atom stereocenters. The van der Waals surface area contributed by atoms with E-state index in [1.54, 1.807) is 24.3 Å². The van der Waals surface area contributed by atoms with Crippen molar-refractivity contribution in [3.63, 3.8) is 0 Å². The summed E-state index contributed by atoms with van der Waals surface area (Å²) in [6, 6.07) is 8.85. The molecule has 1 aliphatic carbocycles. The van der Waals surface area contributed by atoms with Crippen LogP contribution in [0.3, 0.4) is 0 Å². The van der Waals surface area contributed by atoms with Gasteiger partial charge in [-0.3, -0.25) is 14.4 Å². The van der Waals surface area contributed by atoms with Gasteiger partial charge in [-0.05, 0) is 23.7 Å². The van der Waals surface area contributed by atoms with E-state index >= 15 is 0 Å². The van der Waals surface area contributed by atoms with Crippen LogP contribution in [0.1, 0.15) is 6.42 Å². The van der Waals surface area contributed by atoms with Crippen molar-refractivity contribution in [2.75, 3.05) is 4.90 Å². The first-order valence-corrected chi connectivity index (χ1v) is 11.0. The third-order valence-electron chi connectivity index (χ3n) is 4.37. The molecule has 2 aliphatic rings. The average Bonchev–Trinajstić information content (AvgIpc) is 2.71. The second-order valence-electron chi connectivity index (χ2n) is 6.90. The molecule has 2 unspecified atom stereocenters. The Bertz CT molecular complexity index is 688. The standard InChI is InChI=1S/C17H19NO3Si/c1-22(2,3)13-10-9-12-14(15(13)19)17(21)18(16(12)20)11-7-5-4-6-8-11/h4-8,10,12,14H,9H2,1-3H3. The highest BCUT2D eigenvalue weighted by Gasteiger charge is 2.54. The number of imide groups is 1. The van der Waals surface area contributed by atoms with Gasteiger partial charge in [-0.1, -0.05) is 43.9 Å². The highest BCUT2D eigenvalue weighted by atomic mass is 28.3. The Labute approximate surface area is 130 Å². The molecule has 0 bridgehead atoms. The Morgan fingerprint density at radius 2 is 1.64 bits per heavy atom. The minimum atomic E-state index is -1.80. The van der Waals surface area contributed by atoms with E-state index in [0.29, 0.717) is 12.1 Å². The molecule has 1 saturated heterocycles. The number of allylic oxidation sites excluding steroid dienone is 2. The molecule has 0 aromatic heterocycles. The first kappa shape index (κ1) is 14.9. The van der Waals surface area contributed by atoms with Crippen LogP contribution in [-0.2, 0) is 14.4 Å². The topological polar surface area (TPSA) is 54.5 Å². The zero-order valence-corrected chi connectivity index (χ0v) is 14.0. The number of carbonyl (C=O) groups is 3. The summed E-state index contributed by atoms with van der Waals surface area (Å²) in [7, 11) is -1.80. The predicted octanol–water partition coefficient (Wildman–Crippen LogP) is 2.57. The van der Waals surface area contributed by atoms with Gasteiger partial charge in [-0.25, -0.2) is 4.90 Å². The molecular weight excluding hydrogens is 294 g/mol. The van der Waals surface area contributed by atoms with E-state index in [9.17, 15) is 14.4 Å². The highest BCUT2D eigenvalue weighted by molar-refractivity contribution is 6.87. The van der Waals surface area contributed by atoms with Crippen molar-refractivity contribution in [2.45, 2.75) is 26.1 Å². The van der Waals surface area contributed by atoms with E-state index in [1.807, 2.05) is 12.1 Å². The van der Waals surface area contributed by atoms with Gasteiger partial charge in [0.1, 0.15) is 5.92 Å². The predicted molar refractivity (Wildman–Crippen MR) is 87.0 cm³/mol. The summed E-state index contributed by atoms with van der Waals surface area (Å²) in [4.78, 5) is 39.2. The molecule has 1 aromatic carbocycles. The molecule has 1 aromatic rings. The Balaban J connectivity index is 1.99. The first-order chi connectivity index (χ1) is 10.3. The monoisotopic (exact) mass is 313 g/mol. The number of hydrogen-bond donors (Lipinski definition) is 0. The van der Waals surface area contributed by atoms with E-state index in [4.69, 9.17) is 0 Å². The molecule has 0 saturated carbocycles. The SMILES string of the molecule is C[Si](C)(C)C1=CCC2C(=O)N(c3ccccc3)C(=O)C2C1=O. The summed E-state index contributed by atoms with van der Waals surface area (Å²) >= 11 is 0. The van der Waals surface area contributed by atoms with E-state index in [1.165, 1.54) is 4.90 Å². The van der Waals surface area contributed by atoms with Gasteiger partial charge in [0.2, 0.25) is 11.8 Å². The van der Waals surface area contributed by atoms with Crippen LogP contribution in [0.4, 0.5) is 5.69 Å². The summed E-state index contributed by atoms with van der Waals surface area (Å²) in [5.41, 5.74) is 0.550. The number of benzene rings is 1. The van der Waals surface area contributed by atoms with Crippen molar-refractivity contribution < 1.29 is 14.4 Å². The largest absolute Gasteiger partial charge is 0.294 e. The maximum atomic E-state index is 12.8. The Hall–Kier alpha value is -2.01. The number of Topliss-reactive ketones (excluding diaryl/α,β-unsaturated/α-hetero) is 1. The highest BCUT2D eigenvalue weighted by Crippen LogP contribution is 2.39. The number of fused-ring (bicyclic) bond motifs is 1. The van der Waals surface area contributed by atoms with Crippen molar-refractivity contribution in [1.82, 2.24) is 0 Å². The number of amides is 2. The lowest BCUT2D eigenvalue weighted by Crippen LogP contribution is -2.40. The lowest BCUT2D eigenvalue weighted by molar-refractivity contribution is -0.130. The van der Waals surface area contributed by atoms with Gasteiger partial charge in [0.15, 0.2) is 5.78 Å². The zero-order chi connectivity index (χ0) is 16.1. The minimum absolute atomic E-state index is 0.132. The summed E-state index contributed by atoms with van der Waals surface area (Å²) in [5.74, 6) is -2.09. The average molecular weight is 313 g/mol. The molecule has 5 heteroatoms. The lowest BCUT2D eigenvalue weighted by Gasteiger charge is -2.27. The van der Waals surface area contributed by atoms with Crippen LogP contribution < -0.4 is 4.90 Å². The molecule has 0 N–H and O–H groups in total. The molecule has 1 heterocycles. The lowest BCUT2D eigenvalue weighted by atomic mass is 9.84. The van der Waals surface area contributed by atoms with Gasteiger partial charge in [0.05, 0.1) is 19.7 Å². The first-order valence-electron chi connectivity index (χ1n) is 7.50. The van der Waals surface area contributed by atoms with Gasteiger partial charge in [-0.2, -0.15) is 0 Å². The van der Waals surface area contributed by atoms with Gasteiger partial charge in [0, 0.05) is 0 Å². The fraction of sp³-hybridized carbons (Fsp3) is 0.353. The summed E-state index contributed by atoms with van der Waals surface area (Å²) in [5, 5.41) is 0.796. The molecule has 1 aliphatic heterocycles. The summed E-state index contributed by atoms with van der Waals surface area (Å²) in [6.07, 6.45) is 2.39. The second-order valence-corrected chi connectivity index (χ2v) is 11.9. The third-order valence-corrected chi connectivity index (χ3v) is 6.44. The summed E-state index contributed by atoms with van der Waals surface area (Å²) in [6.45, 7) is 6.27. The number of carbonyl (C=O) groups excluding carboxylic acids is 3.